The van der Waals surface area contributed by atoms with Gasteiger partial charge in [-0.2, -0.15) is 4.99 Å². The molecule has 0 atom stereocenters. The molecular formula is C14H11N3O4S2. The molecule has 0 saturated carbocycles. The second kappa shape index (κ2) is 5.69. The van der Waals surface area contributed by atoms with E-state index < -0.39 is 15.9 Å². The zero-order valence-electron chi connectivity index (χ0n) is 11.6. The van der Waals surface area contributed by atoms with Gasteiger partial charge in [0.05, 0.1) is 9.80 Å². The molecule has 0 spiro atoms. The number of rotatable bonds is 3. The van der Waals surface area contributed by atoms with E-state index in [1.54, 1.807) is 30.3 Å². The first kappa shape index (κ1) is 15.5. The lowest BCUT2D eigenvalue weighted by molar-refractivity contribution is -0.113. The summed E-state index contributed by atoms with van der Waals surface area (Å²) in [5, 5.41) is 5.25. The third-order valence-electron chi connectivity index (χ3n) is 3.00. The minimum Gasteiger partial charge on any atom is -0.457 e. The monoisotopic (exact) mass is 349 g/mol. The third-order valence-corrected chi connectivity index (χ3v) is 4.75. The molecule has 3 rings (SSSR count). The van der Waals surface area contributed by atoms with Crippen LogP contribution < -0.4 is 10.9 Å². The normalized spacial score (nSPS) is 16.8. The van der Waals surface area contributed by atoms with Gasteiger partial charge in [0.2, 0.25) is 10.0 Å². The largest absolute Gasteiger partial charge is 0.457 e. The lowest BCUT2D eigenvalue weighted by Gasteiger charge is -2.00. The Morgan fingerprint density at radius 2 is 1.83 bits per heavy atom. The Labute approximate surface area is 136 Å². The van der Waals surface area contributed by atoms with Crippen LogP contribution in [-0.2, 0) is 14.8 Å². The average Bonchev–Trinajstić information content (AvgIpc) is 3.06. The quantitative estimate of drug-likeness (QED) is 0.808. The van der Waals surface area contributed by atoms with Crippen molar-refractivity contribution in [3.63, 3.8) is 0 Å². The number of sulfonamides is 1. The number of amidine groups is 1. The van der Waals surface area contributed by atoms with Gasteiger partial charge >= 0.3 is 0 Å². The Bertz CT molecular complexity index is 941. The van der Waals surface area contributed by atoms with E-state index in [0.717, 1.165) is 11.8 Å². The van der Waals surface area contributed by atoms with E-state index in [1.807, 2.05) is 0 Å². The van der Waals surface area contributed by atoms with Crippen LogP contribution in [0, 0.1) is 0 Å². The molecule has 0 aliphatic carbocycles. The summed E-state index contributed by atoms with van der Waals surface area (Å²) < 4.78 is 28.1. The molecule has 4 N–H and O–H groups in total. The summed E-state index contributed by atoms with van der Waals surface area (Å²) in [6, 6.07) is 9.38. The van der Waals surface area contributed by atoms with Gasteiger partial charge in [-0.1, -0.05) is 0 Å². The fourth-order valence-electron chi connectivity index (χ4n) is 1.95. The molecule has 1 aliphatic heterocycles. The van der Waals surface area contributed by atoms with E-state index in [2.05, 4.69) is 4.99 Å². The summed E-state index contributed by atoms with van der Waals surface area (Å²) in [4.78, 5) is 15.5. The number of benzene rings is 1. The van der Waals surface area contributed by atoms with Crippen LogP contribution >= 0.6 is 11.8 Å². The van der Waals surface area contributed by atoms with Gasteiger partial charge in [0.25, 0.3) is 5.91 Å². The zero-order chi connectivity index (χ0) is 16.6. The molecule has 2 heterocycles. The number of carbonyl (C=O) groups is 1. The highest BCUT2D eigenvalue weighted by Crippen LogP contribution is 2.29. The van der Waals surface area contributed by atoms with Gasteiger partial charge in [0.1, 0.15) is 11.5 Å². The third kappa shape index (κ3) is 3.36. The molecule has 1 amide bonds. The van der Waals surface area contributed by atoms with Gasteiger partial charge in [-0.15, -0.1) is 0 Å². The molecule has 9 heteroatoms. The molecule has 0 bridgehead atoms. The zero-order valence-corrected chi connectivity index (χ0v) is 13.2. The van der Waals surface area contributed by atoms with Crippen molar-refractivity contribution in [3.05, 3.63) is 47.1 Å². The predicted molar refractivity (Wildman–Crippen MR) is 87.7 cm³/mol. The van der Waals surface area contributed by atoms with Gasteiger partial charge in [-0.25, -0.2) is 13.6 Å². The summed E-state index contributed by atoms with van der Waals surface area (Å²) in [5.74, 6) is 0.599. The number of nitrogens with two attached hydrogens (primary N) is 2. The van der Waals surface area contributed by atoms with Gasteiger partial charge in [0.15, 0.2) is 5.17 Å². The number of thioether (sulfide) groups is 1. The molecule has 1 aromatic heterocycles. The highest BCUT2D eigenvalue weighted by Gasteiger charge is 2.20. The summed E-state index contributed by atoms with van der Waals surface area (Å²) in [7, 11) is -3.73. The maximum atomic E-state index is 11.5. The number of furan rings is 1. The Kier molecular flexibility index (Phi) is 3.84. The maximum Gasteiger partial charge on any atom is 0.286 e. The van der Waals surface area contributed by atoms with Crippen molar-refractivity contribution in [1.82, 2.24) is 0 Å². The number of carbonyl (C=O) groups excluding carboxylic acids is 1. The van der Waals surface area contributed by atoms with E-state index in [-0.39, 0.29) is 10.1 Å². The van der Waals surface area contributed by atoms with Gasteiger partial charge in [0, 0.05) is 11.6 Å². The Morgan fingerprint density at radius 1 is 1.13 bits per heavy atom. The molecular weight excluding hydrogens is 338 g/mol. The average molecular weight is 349 g/mol. The molecule has 7 nitrogen and oxygen atoms in total. The van der Waals surface area contributed by atoms with E-state index in [0.29, 0.717) is 22.0 Å². The van der Waals surface area contributed by atoms with Gasteiger partial charge in [-0.05, 0) is 48.2 Å². The first-order valence-corrected chi connectivity index (χ1v) is 8.70. The SMILES string of the molecule is NC1=NC(=O)/C(=C\c2ccc(-c3ccc(S(N)(=O)=O)cc3)o2)S1. The molecule has 0 fully saturated rings. The fraction of sp³-hybridized carbons (Fsp3) is 0. The van der Waals surface area contributed by atoms with Gasteiger partial charge in [-0.3, -0.25) is 4.79 Å². The van der Waals surface area contributed by atoms with Crippen LogP contribution in [0.3, 0.4) is 0 Å². The van der Waals surface area contributed by atoms with Crippen LogP contribution in [0.25, 0.3) is 17.4 Å². The van der Waals surface area contributed by atoms with Crippen LogP contribution in [0.15, 0.2) is 55.6 Å². The van der Waals surface area contributed by atoms with Crippen LogP contribution in [0.5, 0.6) is 0 Å². The highest BCUT2D eigenvalue weighted by molar-refractivity contribution is 8.18. The van der Waals surface area contributed by atoms with Crippen LogP contribution in [0.1, 0.15) is 5.76 Å². The lowest BCUT2D eigenvalue weighted by Crippen LogP contribution is -2.11. The molecule has 2 aromatic rings. The second-order valence-electron chi connectivity index (χ2n) is 4.64. The summed E-state index contributed by atoms with van der Waals surface area (Å²) in [5.41, 5.74) is 6.16. The smallest absolute Gasteiger partial charge is 0.286 e. The molecule has 0 saturated heterocycles. The number of hydrogen-bond donors (Lipinski definition) is 2. The van der Waals surface area contributed by atoms with E-state index in [9.17, 15) is 13.2 Å². The molecule has 0 unspecified atom stereocenters. The van der Waals surface area contributed by atoms with Crippen molar-refractivity contribution < 1.29 is 17.6 Å². The van der Waals surface area contributed by atoms with Crippen LogP contribution in [-0.4, -0.2) is 19.5 Å². The van der Waals surface area contributed by atoms with Crippen molar-refractivity contribution in [3.8, 4) is 11.3 Å². The van der Waals surface area contributed by atoms with Crippen molar-refractivity contribution in [2.75, 3.05) is 0 Å². The standard InChI is InChI=1S/C14H11N3O4S2/c15-14-17-13(18)12(22-14)7-9-3-6-11(21-9)8-1-4-10(5-2-8)23(16,19)20/h1-7H,(H2,15,17,18)(H2,16,19,20)/b12-7+. The Morgan fingerprint density at radius 3 is 2.39 bits per heavy atom. The number of primary sulfonamides is 1. The minimum absolute atomic E-state index is 0.0238. The summed E-state index contributed by atoms with van der Waals surface area (Å²) in [6.07, 6.45) is 1.55. The first-order valence-electron chi connectivity index (χ1n) is 6.34. The second-order valence-corrected chi connectivity index (χ2v) is 7.26. The Balaban J connectivity index is 1.85. The van der Waals surface area contributed by atoms with Crippen LogP contribution in [0.4, 0.5) is 0 Å². The fourth-order valence-corrected chi connectivity index (χ4v) is 3.13. The number of nitrogens with zero attached hydrogens (tertiary/aromatic N) is 1. The number of hydrogen-bond acceptors (Lipinski definition) is 6. The lowest BCUT2D eigenvalue weighted by atomic mass is 10.2. The molecule has 0 radical (unpaired) electrons. The van der Waals surface area contributed by atoms with E-state index in [4.69, 9.17) is 15.3 Å². The summed E-state index contributed by atoms with van der Waals surface area (Å²) in [6.45, 7) is 0. The molecule has 118 valence electrons. The Hall–Kier alpha value is -2.36. The topological polar surface area (TPSA) is 129 Å². The summed E-state index contributed by atoms with van der Waals surface area (Å²) >= 11 is 1.08. The molecule has 1 aliphatic rings. The molecule has 23 heavy (non-hydrogen) atoms. The van der Waals surface area contributed by atoms with Crippen molar-refractivity contribution >= 4 is 38.9 Å². The van der Waals surface area contributed by atoms with E-state index in [1.165, 1.54) is 12.1 Å². The first-order chi connectivity index (χ1) is 10.8. The number of aliphatic imine (C=N–C) groups is 1. The maximum absolute atomic E-state index is 11.5. The van der Waals surface area contributed by atoms with E-state index >= 15 is 0 Å². The minimum atomic E-state index is -3.73. The van der Waals surface area contributed by atoms with Gasteiger partial charge < -0.3 is 10.2 Å². The number of amides is 1. The predicted octanol–water partition coefficient (Wildman–Crippen LogP) is 1.52. The van der Waals surface area contributed by atoms with Crippen LogP contribution in [0.2, 0.25) is 0 Å². The van der Waals surface area contributed by atoms with Crippen molar-refractivity contribution in [2.45, 2.75) is 4.90 Å². The van der Waals surface area contributed by atoms with Crippen molar-refractivity contribution in [2.24, 2.45) is 15.9 Å². The highest BCUT2D eigenvalue weighted by atomic mass is 32.2. The molecule has 1 aromatic carbocycles. The van der Waals surface area contributed by atoms with Crippen molar-refractivity contribution in [1.29, 1.82) is 0 Å².